The van der Waals surface area contributed by atoms with Gasteiger partial charge in [0, 0.05) is 48.7 Å². The molecule has 2 N–H and O–H groups in total. The van der Waals surface area contributed by atoms with Gasteiger partial charge in [0.1, 0.15) is 5.94 Å². The van der Waals surface area contributed by atoms with Crippen molar-refractivity contribution in [1.29, 1.82) is 0 Å². The zero-order chi connectivity index (χ0) is 22.4. The Labute approximate surface area is 185 Å². The van der Waals surface area contributed by atoms with Crippen molar-refractivity contribution >= 4 is 22.8 Å². The van der Waals surface area contributed by atoms with Crippen molar-refractivity contribution in [2.75, 3.05) is 40.3 Å². The molecular formula is C25H34N4O2. The highest BCUT2D eigenvalue weighted by atomic mass is 16.1. The van der Waals surface area contributed by atoms with Crippen molar-refractivity contribution in [2.24, 2.45) is 5.92 Å². The number of fused-ring (bicyclic) bond motifs is 2. The van der Waals surface area contributed by atoms with Crippen LogP contribution in [-0.4, -0.2) is 72.9 Å². The fourth-order valence-corrected chi connectivity index (χ4v) is 5.11. The van der Waals surface area contributed by atoms with Crippen LogP contribution in [0.1, 0.15) is 29.9 Å². The van der Waals surface area contributed by atoms with Crippen LogP contribution >= 0.6 is 0 Å². The summed E-state index contributed by atoms with van der Waals surface area (Å²) in [6, 6.07) is 7.01. The molecule has 166 valence electrons. The Morgan fingerprint density at radius 1 is 1.42 bits per heavy atom. The molecule has 1 aromatic heterocycles. The highest BCUT2D eigenvalue weighted by molar-refractivity contribution is 5.88. The summed E-state index contributed by atoms with van der Waals surface area (Å²) in [6.45, 7) is 10.0. The van der Waals surface area contributed by atoms with E-state index in [1.807, 2.05) is 6.08 Å². The van der Waals surface area contributed by atoms with E-state index in [1.165, 1.54) is 28.0 Å². The molecule has 2 aromatic rings. The molecule has 2 aliphatic rings. The molecule has 1 aromatic carbocycles. The number of nitrogens with one attached hydrogen (secondary N) is 2. The van der Waals surface area contributed by atoms with Gasteiger partial charge in [-0.2, -0.15) is 0 Å². The summed E-state index contributed by atoms with van der Waals surface area (Å²) in [5.41, 5.74) is 4.04. The van der Waals surface area contributed by atoms with Crippen molar-refractivity contribution in [3.63, 3.8) is 0 Å². The molecule has 2 heterocycles. The number of rotatable bonds is 7. The van der Waals surface area contributed by atoms with Crippen LogP contribution in [0, 0.1) is 5.92 Å². The topological polar surface area (TPSA) is 68.4 Å². The van der Waals surface area contributed by atoms with Gasteiger partial charge in [0.25, 0.3) is 0 Å². The molecule has 1 fully saturated rings. The Morgan fingerprint density at radius 3 is 2.90 bits per heavy atom. The van der Waals surface area contributed by atoms with Crippen LogP contribution in [-0.2, 0) is 16.0 Å². The maximum Gasteiger partial charge on any atom is 0.224 e. The molecular weight excluding hydrogens is 388 g/mol. The fourth-order valence-electron chi connectivity index (χ4n) is 5.11. The molecule has 1 aliphatic carbocycles. The van der Waals surface area contributed by atoms with Crippen LogP contribution in [0.5, 0.6) is 0 Å². The summed E-state index contributed by atoms with van der Waals surface area (Å²) in [4.78, 5) is 29.5. The molecule has 0 bridgehead atoms. The zero-order valence-electron chi connectivity index (χ0n) is 18.7. The van der Waals surface area contributed by atoms with Gasteiger partial charge in [0.15, 0.2) is 0 Å². The molecule has 1 saturated heterocycles. The Hall–Kier alpha value is -2.66. The fraction of sp³-hybridized carbons (Fsp3) is 0.480. The highest BCUT2D eigenvalue weighted by Crippen LogP contribution is 2.44. The molecule has 31 heavy (non-hydrogen) atoms. The Kier molecular flexibility index (Phi) is 7.85. The predicted octanol–water partition coefficient (Wildman–Crippen LogP) is 2.76. The number of carbonyl (C=O) groups excluding carboxylic acids is 2. The van der Waals surface area contributed by atoms with Crippen LogP contribution in [0.2, 0.25) is 0 Å². The number of hydrogen-bond acceptors (Lipinski definition) is 4. The van der Waals surface area contributed by atoms with E-state index in [-0.39, 0.29) is 11.8 Å². The van der Waals surface area contributed by atoms with Crippen molar-refractivity contribution in [3.05, 3.63) is 54.8 Å². The maximum absolute atomic E-state index is 12.9. The lowest BCUT2D eigenvalue weighted by molar-refractivity contribution is -0.127. The predicted molar refractivity (Wildman–Crippen MR) is 126 cm³/mol. The van der Waals surface area contributed by atoms with Crippen LogP contribution in [0.25, 0.3) is 10.9 Å². The van der Waals surface area contributed by atoms with E-state index in [2.05, 4.69) is 71.7 Å². The van der Waals surface area contributed by atoms with Gasteiger partial charge in [-0.1, -0.05) is 18.2 Å². The summed E-state index contributed by atoms with van der Waals surface area (Å²) in [7, 11) is 4.13. The zero-order valence-corrected chi connectivity index (χ0v) is 18.7. The second-order valence-electron chi connectivity index (χ2n) is 8.73. The number of benzene rings is 1. The van der Waals surface area contributed by atoms with E-state index in [1.54, 1.807) is 0 Å². The maximum atomic E-state index is 12.9. The second kappa shape index (κ2) is 10.6. The van der Waals surface area contributed by atoms with Crippen LogP contribution in [0.4, 0.5) is 0 Å². The van der Waals surface area contributed by atoms with Gasteiger partial charge in [0.05, 0.1) is 5.92 Å². The minimum atomic E-state index is 0.0382. The summed E-state index contributed by atoms with van der Waals surface area (Å²) in [5, 5.41) is 4.56. The molecule has 0 saturated carbocycles. The van der Waals surface area contributed by atoms with E-state index >= 15 is 0 Å². The third kappa shape index (κ3) is 5.16. The molecule has 6 nitrogen and oxygen atoms in total. The van der Waals surface area contributed by atoms with Crippen LogP contribution in [0.15, 0.2) is 43.6 Å². The van der Waals surface area contributed by atoms with E-state index in [4.69, 9.17) is 4.79 Å². The quantitative estimate of drug-likeness (QED) is 0.409. The summed E-state index contributed by atoms with van der Waals surface area (Å²) < 4.78 is 0. The highest BCUT2D eigenvalue weighted by Gasteiger charge is 2.42. The van der Waals surface area contributed by atoms with Crippen molar-refractivity contribution in [3.8, 4) is 0 Å². The first-order valence-corrected chi connectivity index (χ1v) is 11.0. The number of amides is 1. The SMILES string of the molecule is C=C=O.C=CCN1C[C@H](C(=O)NCCCN(C)C)C[C@@H]2c3cccc4[nH]cc(c34)C[C@H]21. The third-order valence-electron chi connectivity index (χ3n) is 6.39. The van der Waals surface area contributed by atoms with Crippen molar-refractivity contribution < 1.29 is 9.59 Å². The lowest BCUT2D eigenvalue weighted by atomic mass is 9.72. The molecule has 0 unspecified atom stereocenters. The molecule has 6 heteroatoms. The number of hydrogen-bond donors (Lipinski definition) is 2. The monoisotopic (exact) mass is 422 g/mol. The number of aromatic amines is 1. The Balaban J connectivity index is 0.000000858. The van der Waals surface area contributed by atoms with Gasteiger partial charge >= 0.3 is 0 Å². The first-order valence-electron chi connectivity index (χ1n) is 11.0. The van der Waals surface area contributed by atoms with Gasteiger partial charge in [-0.15, -0.1) is 6.58 Å². The lowest BCUT2D eigenvalue weighted by Crippen LogP contribution is -2.53. The smallest absolute Gasteiger partial charge is 0.224 e. The molecule has 3 atom stereocenters. The summed E-state index contributed by atoms with van der Waals surface area (Å²) in [5.74, 6) is 1.90. The first-order chi connectivity index (χ1) is 15.0. The molecule has 1 amide bonds. The average Bonchev–Trinajstić information content (AvgIpc) is 3.16. The van der Waals surface area contributed by atoms with E-state index in [0.29, 0.717) is 12.0 Å². The van der Waals surface area contributed by atoms with Gasteiger partial charge in [-0.25, -0.2) is 4.79 Å². The Bertz CT molecular complexity index is 942. The minimum absolute atomic E-state index is 0.0382. The number of nitrogens with zero attached hydrogens (tertiary/aromatic N) is 2. The van der Waals surface area contributed by atoms with E-state index in [9.17, 15) is 4.79 Å². The summed E-state index contributed by atoms with van der Waals surface area (Å²) >= 11 is 0. The summed E-state index contributed by atoms with van der Waals surface area (Å²) in [6.07, 6.45) is 7.11. The van der Waals surface area contributed by atoms with Gasteiger partial charge in [0.2, 0.25) is 5.91 Å². The number of carbonyl (C=O) groups is 1. The molecule has 1 aliphatic heterocycles. The second-order valence-corrected chi connectivity index (χ2v) is 8.73. The van der Waals surface area contributed by atoms with Crippen molar-refractivity contribution in [2.45, 2.75) is 31.2 Å². The van der Waals surface area contributed by atoms with Crippen LogP contribution in [0.3, 0.4) is 0 Å². The normalized spacial score (nSPS) is 22.2. The number of aromatic nitrogens is 1. The molecule has 0 spiro atoms. The van der Waals surface area contributed by atoms with E-state index < -0.39 is 0 Å². The number of piperidine rings is 1. The molecule has 4 rings (SSSR count). The largest absolute Gasteiger partial charge is 0.361 e. The standard InChI is InChI=1S/C23H32N4O.C2H2O/c1-4-10-27-15-17(23(28)24-9-6-11-26(2)3)12-19-18-7-5-8-20-22(18)16(14-25-20)13-21(19)27;1-2-3/h4-5,7-8,14,17,19,21,25H,1,6,9-13,15H2,2-3H3,(H,24,28);1H2/t17-,19-,21-;/m1./s1. The third-order valence-corrected chi connectivity index (χ3v) is 6.39. The van der Waals surface area contributed by atoms with E-state index in [0.717, 1.165) is 45.4 Å². The Morgan fingerprint density at radius 2 is 2.19 bits per heavy atom. The first kappa shape index (κ1) is 23.0. The molecule has 0 radical (unpaired) electrons. The number of H-pyrrole nitrogens is 1. The van der Waals surface area contributed by atoms with Crippen molar-refractivity contribution in [1.82, 2.24) is 20.1 Å². The lowest BCUT2D eigenvalue weighted by Gasteiger charge is -2.46. The number of likely N-dealkylation sites (tertiary alicyclic amines) is 1. The minimum Gasteiger partial charge on any atom is -0.361 e. The average molecular weight is 423 g/mol. The van der Waals surface area contributed by atoms with Gasteiger partial charge in [-0.05, 0) is 63.7 Å². The van der Waals surface area contributed by atoms with Crippen LogP contribution < -0.4 is 5.32 Å². The van der Waals surface area contributed by atoms with Gasteiger partial charge in [-0.3, -0.25) is 9.69 Å². The van der Waals surface area contributed by atoms with Gasteiger partial charge < -0.3 is 15.2 Å².